The van der Waals surface area contributed by atoms with Crippen LogP contribution >= 0.6 is 11.3 Å². The molecule has 178 valence electrons. The lowest BCUT2D eigenvalue weighted by molar-refractivity contribution is -0.138. The molecule has 8 nitrogen and oxygen atoms in total. The molecule has 0 radical (unpaired) electrons. The Labute approximate surface area is 196 Å². The summed E-state index contributed by atoms with van der Waals surface area (Å²) in [5.74, 6) is -0.919. The fourth-order valence-corrected chi connectivity index (χ4v) is 3.65. The quantitative estimate of drug-likeness (QED) is 0.494. The minimum Gasteiger partial charge on any atom is -0.497 e. The average Bonchev–Trinajstić information content (AvgIpc) is 3.38. The number of rotatable bonds is 8. The topological polar surface area (TPSA) is 102 Å². The Morgan fingerprint density at radius 1 is 1.15 bits per heavy atom. The first-order chi connectivity index (χ1) is 16.2. The van der Waals surface area contributed by atoms with Gasteiger partial charge in [0.1, 0.15) is 33.2 Å². The number of carbonyl (C=O) groups excluding carboxylic acids is 2. The maximum absolute atomic E-state index is 13.3. The number of methoxy groups -OCH3 is 1. The third-order valence-corrected chi connectivity index (χ3v) is 5.91. The van der Waals surface area contributed by atoms with Crippen LogP contribution in [0.3, 0.4) is 0 Å². The van der Waals surface area contributed by atoms with E-state index >= 15 is 0 Å². The second-order valence-electron chi connectivity index (χ2n) is 7.53. The van der Waals surface area contributed by atoms with Gasteiger partial charge in [-0.05, 0) is 43.2 Å². The summed E-state index contributed by atoms with van der Waals surface area (Å²) in [7, 11) is 1.28. The van der Waals surface area contributed by atoms with Crippen LogP contribution in [0.15, 0.2) is 48.2 Å². The number of nitrogens with one attached hydrogen (secondary N) is 2. The molecule has 2 aromatic heterocycles. The lowest BCUT2D eigenvalue weighted by atomic mass is 10.2. The molecule has 0 saturated heterocycles. The van der Waals surface area contributed by atoms with E-state index in [1.54, 1.807) is 0 Å². The van der Waals surface area contributed by atoms with E-state index in [0.717, 1.165) is 6.07 Å². The number of hydrogen-bond donors (Lipinski definition) is 2. The minimum absolute atomic E-state index is 0.0561. The van der Waals surface area contributed by atoms with Gasteiger partial charge in [-0.3, -0.25) is 19.6 Å². The summed E-state index contributed by atoms with van der Waals surface area (Å²) in [6, 6.07) is 6.38. The van der Waals surface area contributed by atoms with Gasteiger partial charge in [0, 0.05) is 0 Å². The first-order valence-electron chi connectivity index (χ1n) is 10.1. The van der Waals surface area contributed by atoms with E-state index in [4.69, 9.17) is 9.47 Å². The maximum atomic E-state index is 13.3. The van der Waals surface area contributed by atoms with Crippen LogP contribution in [0.4, 0.5) is 13.2 Å². The normalized spacial score (nSPS) is 14.2. The van der Waals surface area contributed by atoms with Crippen molar-refractivity contribution in [1.29, 1.82) is 0 Å². The highest BCUT2D eigenvalue weighted by Crippen LogP contribution is 2.40. The van der Waals surface area contributed by atoms with Crippen LogP contribution in [0.1, 0.15) is 33.8 Å². The van der Waals surface area contributed by atoms with E-state index in [1.165, 1.54) is 60.6 Å². The van der Waals surface area contributed by atoms with E-state index in [0.29, 0.717) is 23.4 Å². The van der Waals surface area contributed by atoms with E-state index < -0.39 is 17.3 Å². The molecule has 1 aliphatic carbocycles. The zero-order valence-corrected chi connectivity index (χ0v) is 18.6. The first-order valence-corrected chi connectivity index (χ1v) is 11.0. The first kappa shape index (κ1) is 23.5. The minimum atomic E-state index is -4.63. The van der Waals surface area contributed by atoms with Gasteiger partial charge in [-0.25, -0.2) is 0 Å². The number of nitrogens with zero attached hydrogens (tertiary/aromatic N) is 2. The van der Waals surface area contributed by atoms with Crippen LogP contribution < -0.4 is 20.1 Å². The molecule has 2 N–H and O–H groups in total. The summed E-state index contributed by atoms with van der Waals surface area (Å²) in [5.41, 5.74) is 0.0768. The smallest absolute Gasteiger partial charge is 0.420 e. The molecular weight excluding hydrogens is 473 g/mol. The van der Waals surface area contributed by atoms with Crippen molar-refractivity contribution in [3.8, 4) is 17.2 Å². The van der Waals surface area contributed by atoms with Crippen LogP contribution in [0, 0.1) is 0 Å². The number of pyridine rings is 1. The predicted octanol–water partition coefficient (Wildman–Crippen LogP) is 3.94. The molecule has 34 heavy (non-hydrogen) atoms. The Morgan fingerprint density at radius 2 is 1.91 bits per heavy atom. The summed E-state index contributed by atoms with van der Waals surface area (Å²) in [6.07, 6.45) is -0.884. The standard InChI is InChI=1S/C22H19F3N4O4S/c1-32-14-4-5-17(16(8-14)22(23,24)25)33-15-3-2-13(27-10-15)9-28-20(31)21(6-7-21)29-19(30)18-11-26-12-34-18/h2-5,8,10-12H,6-7,9H2,1H3,(H,28,31)(H,29,30). The largest absolute Gasteiger partial charge is 0.497 e. The number of hydrogen-bond acceptors (Lipinski definition) is 7. The summed E-state index contributed by atoms with van der Waals surface area (Å²) < 4.78 is 50.3. The van der Waals surface area contributed by atoms with Crippen molar-refractivity contribution in [3.63, 3.8) is 0 Å². The number of aromatic nitrogens is 2. The van der Waals surface area contributed by atoms with E-state index in [9.17, 15) is 22.8 Å². The number of carbonyl (C=O) groups is 2. The van der Waals surface area contributed by atoms with Gasteiger partial charge in [0.25, 0.3) is 5.91 Å². The summed E-state index contributed by atoms with van der Waals surface area (Å²) in [6.45, 7) is 0.0770. The molecule has 12 heteroatoms. The second-order valence-corrected chi connectivity index (χ2v) is 8.42. The van der Waals surface area contributed by atoms with Gasteiger partial charge in [-0.15, -0.1) is 11.3 Å². The highest BCUT2D eigenvalue weighted by Gasteiger charge is 2.51. The Kier molecular flexibility index (Phi) is 6.42. The Bertz CT molecular complexity index is 1180. The number of alkyl halides is 3. The van der Waals surface area contributed by atoms with Gasteiger partial charge in [0.2, 0.25) is 5.91 Å². The molecule has 0 unspecified atom stereocenters. The summed E-state index contributed by atoms with van der Waals surface area (Å²) in [5, 5.41) is 5.48. The summed E-state index contributed by atoms with van der Waals surface area (Å²) >= 11 is 1.18. The average molecular weight is 492 g/mol. The van der Waals surface area contributed by atoms with Gasteiger partial charge < -0.3 is 20.1 Å². The zero-order chi connectivity index (χ0) is 24.3. The van der Waals surface area contributed by atoms with E-state index in [-0.39, 0.29) is 35.6 Å². The maximum Gasteiger partial charge on any atom is 0.420 e. The molecule has 1 aromatic carbocycles. The third-order valence-electron chi connectivity index (χ3n) is 5.14. The molecule has 1 fully saturated rings. The monoisotopic (exact) mass is 492 g/mol. The lowest BCUT2D eigenvalue weighted by Crippen LogP contribution is -2.48. The number of thiazole rings is 1. The second kappa shape index (κ2) is 9.29. The number of benzene rings is 1. The Morgan fingerprint density at radius 3 is 2.50 bits per heavy atom. The van der Waals surface area contributed by atoms with Crippen LogP contribution in [-0.2, 0) is 17.5 Å². The Hall–Kier alpha value is -3.67. The van der Waals surface area contributed by atoms with Gasteiger partial charge in [-0.1, -0.05) is 0 Å². The van der Waals surface area contributed by atoms with Gasteiger partial charge in [0.15, 0.2) is 0 Å². The van der Waals surface area contributed by atoms with Crippen LogP contribution in [0.5, 0.6) is 17.2 Å². The number of amides is 2. The van der Waals surface area contributed by atoms with Gasteiger partial charge in [-0.2, -0.15) is 13.2 Å². The van der Waals surface area contributed by atoms with Crippen molar-refractivity contribution < 1.29 is 32.2 Å². The molecule has 2 amide bonds. The molecule has 4 rings (SSSR count). The lowest BCUT2D eigenvalue weighted by Gasteiger charge is -2.17. The van der Waals surface area contributed by atoms with Crippen molar-refractivity contribution in [3.05, 3.63) is 64.4 Å². The van der Waals surface area contributed by atoms with Crippen LogP contribution in [0.2, 0.25) is 0 Å². The molecular formula is C22H19F3N4O4S. The van der Waals surface area contributed by atoms with Crippen molar-refractivity contribution >= 4 is 23.2 Å². The highest BCUT2D eigenvalue weighted by atomic mass is 32.1. The van der Waals surface area contributed by atoms with Gasteiger partial charge >= 0.3 is 6.18 Å². The van der Waals surface area contributed by atoms with Gasteiger partial charge in [0.05, 0.1) is 37.3 Å². The van der Waals surface area contributed by atoms with Crippen molar-refractivity contribution in [2.24, 2.45) is 0 Å². The van der Waals surface area contributed by atoms with E-state index in [1.807, 2.05) is 0 Å². The molecule has 0 aliphatic heterocycles. The van der Waals surface area contributed by atoms with Crippen LogP contribution in [0.25, 0.3) is 0 Å². The van der Waals surface area contributed by atoms with Crippen molar-refractivity contribution in [2.45, 2.75) is 31.1 Å². The zero-order valence-electron chi connectivity index (χ0n) is 17.8. The van der Waals surface area contributed by atoms with Crippen LogP contribution in [-0.4, -0.2) is 34.4 Å². The fraction of sp³-hybridized carbons (Fsp3) is 0.273. The summed E-state index contributed by atoms with van der Waals surface area (Å²) in [4.78, 5) is 33.2. The Balaban J connectivity index is 1.36. The molecule has 1 aliphatic rings. The molecule has 1 saturated carbocycles. The molecule has 0 spiro atoms. The highest BCUT2D eigenvalue weighted by molar-refractivity contribution is 7.11. The molecule has 0 bridgehead atoms. The fourth-order valence-electron chi connectivity index (χ4n) is 3.13. The molecule has 3 aromatic rings. The number of halogens is 3. The molecule has 2 heterocycles. The van der Waals surface area contributed by atoms with Crippen molar-refractivity contribution in [1.82, 2.24) is 20.6 Å². The third kappa shape index (κ3) is 5.28. The predicted molar refractivity (Wildman–Crippen MR) is 116 cm³/mol. The van der Waals surface area contributed by atoms with E-state index in [2.05, 4.69) is 20.6 Å². The number of ether oxygens (including phenoxy) is 2. The molecule has 0 atom stereocenters. The SMILES string of the molecule is COc1ccc(Oc2ccc(CNC(=O)C3(NC(=O)c4cncs4)CC3)nc2)c(C(F)(F)F)c1. The van der Waals surface area contributed by atoms with Crippen molar-refractivity contribution in [2.75, 3.05) is 7.11 Å².